The van der Waals surface area contributed by atoms with Crippen LogP contribution in [0.1, 0.15) is 10.4 Å². The summed E-state index contributed by atoms with van der Waals surface area (Å²) in [5, 5.41) is 4.36. The average molecular weight is 529 g/mol. The van der Waals surface area contributed by atoms with Crippen molar-refractivity contribution in [1.29, 1.82) is 0 Å². The van der Waals surface area contributed by atoms with E-state index in [1.165, 1.54) is 0 Å². The van der Waals surface area contributed by atoms with Gasteiger partial charge in [-0.3, -0.25) is 9.59 Å². The number of aromatic amines is 1. The number of nitrogens with zero attached hydrogens (tertiary/aromatic N) is 1. The second-order valence-corrected chi connectivity index (χ2v) is 8.75. The molecular formula is C23H12BrCl2N3O3. The zero-order valence-corrected chi connectivity index (χ0v) is 19.2. The number of nitrogens with one attached hydrogen (secondary N) is 2. The molecule has 2 aromatic heterocycles. The Balaban J connectivity index is 1.51. The fourth-order valence-electron chi connectivity index (χ4n) is 3.34. The maximum absolute atomic E-state index is 12.6. The molecule has 0 aliphatic heterocycles. The number of aromatic nitrogens is 2. The first-order valence-electron chi connectivity index (χ1n) is 9.38. The molecule has 0 spiro atoms. The average Bonchev–Trinajstić information content (AvgIpc) is 3.13. The van der Waals surface area contributed by atoms with Gasteiger partial charge >= 0.3 is 0 Å². The van der Waals surface area contributed by atoms with Crippen molar-refractivity contribution in [2.45, 2.75) is 0 Å². The van der Waals surface area contributed by atoms with Gasteiger partial charge in [0.05, 0.1) is 5.02 Å². The van der Waals surface area contributed by atoms with E-state index >= 15 is 0 Å². The van der Waals surface area contributed by atoms with Gasteiger partial charge in [-0.1, -0.05) is 39.1 Å². The molecule has 0 radical (unpaired) electrons. The van der Waals surface area contributed by atoms with Crippen molar-refractivity contribution in [2.24, 2.45) is 0 Å². The number of H-pyrrole nitrogens is 1. The third-order valence-electron chi connectivity index (χ3n) is 4.87. The third-order valence-corrected chi connectivity index (χ3v) is 5.93. The number of hydrogen-bond acceptors (Lipinski definition) is 4. The molecule has 6 nitrogen and oxygen atoms in total. The highest BCUT2D eigenvalue weighted by molar-refractivity contribution is 9.10. The van der Waals surface area contributed by atoms with Crippen molar-refractivity contribution in [1.82, 2.24) is 9.97 Å². The van der Waals surface area contributed by atoms with Crippen molar-refractivity contribution in [3.8, 4) is 11.4 Å². The van der Waals surface area contributed by atoms with Crippen LogP contribution < -0.4 is 10.9 Å². The van der Waals surface area contributed by atoms with Gasteiger partial charge in [0.1, 0.15) is 16.9 Å². The molecule has 0 unspecified atom stereocenters. The zero-order valence-electron chi connectivity index (χ0n) is 16.1. The van der Waals surface area contributed by atoms with Crippen molar-refractivity contribution in [2.75, 3.05) is 5.32 Å². The van der Waals surface area contributed by atoms with Crippen LogP contribution in [0.5, 0.6) is 0 Å². The van der Waals surface area contributed by atoms with E-state index in [2.05, 4.69) is 31.2 Å². The molecule has 1 amide bonds. The largest absolute Gasteiger partial charge is 0.449 e. The molecule has 2 N–H and O–H groups in total. The summed E-state index contributed by atoms with van der Waals surface area (Å²) in [4.78, 5) is 32.4. The third kappa shape index (κ3) is 3.79. The minimum atomic E-state index is -0.409. The predicted molar refractivity (Wildman–Crippen MR) is 130 cm³/mol. The van der Waals surface area contributed by atoms with Crippen molar-refractivity contribution < 1.29 is 9.21 Å². The predicted octanol–water partition coefficient (Wildman–Crippen LogP) is 6.66. The minimum absolute atomic E-state index is 0.143. The molecule has 3 aromatic carbocycles. The Morgan fingerprint density at radius 3 is 2.56 bits per heavy atom. The minimum Gasteiger partial charge on any atom is -0.449 e. The van der Waals surface area contributed by atoms with E-state index in [1.54, 1.807) is 48.5 Å². The van der Waals surface area contributed by atoms with Crippen LogP contribution in [-0.2, 0) is 0 Å². The number of furan rings is 1. The van der Waals surface area contributed by atoms with Crippen LogP contribution in [0.4, 0.5) is 5.69 Å². The summed E-state index contributed by atoms with van der Waals surface area (Å²) in [6, 6.07) is 16.9. The Morgan fingerprint density at radius 2 is 1.81 bits per heavy atom. The second kappa shape index (κ2) is 8.09. The second-order valence-electron chi connectivity index (χ2n) is 6.99. The van der Waals surface area contributed by atoms with Gasteiger partial charge in [-0.15, -0.1) is 0 Å². The van der Waals surface area contributed by atoms with Crippen LogP contribution in [0.3, 0.4) is 0 Å². The van der Waals surface area contributed by atoms with E-state index in [-0.39, 0.29) is 11.5 Å². The molecule has 0 saturated carbocycles. The van der Waals surface area contributed by atoms with Crippen molar-refractivity contribution in [3.05, 3.63) is 91.1 Å². The number of benzene rings is 3. The summed E-state index contributed by atoms with van der Waals surface area (Å²) in [6.07, 6.45) is 0. The quantitative estimate of drug-likeness (QED) is 0.274. The number of hydrogen-bond donors (Lipinski definition) is 2. The van der Waals surface area contributed by atoms with Crippen LogP contribution in [0.2, 0.25) is 10.0 Å². The highest BCUT2D eigenvalue weighted by Crippen LogP contribution is 2.32. The van der Waals surface area contributed by atoms with Gasteiger partial charge in [0, 0.05) is 31.7 Å². The molecule has 9 heteroatoms. The lowest BCUT2D eigenvalue weighted by Gasteiger charge is -2.09. The Kier molecular flexibility index (Phi) is 5.25. The summed E-state index contributed by atoms with van der Waals surface area (Å²) in [5.74, 6) is -0.000341. The molecule has 0 saturated heterocycles. The number of anilines is 1. The van der Waals surface area contributed by atoms with Gasteiger partial charge < -0.3 is 14.7 Å². The van der Waals surface area contributed by atoms with E-state index in [4.69, 9.17) is 27.6 Å². The molecule has 0 aliphatic rings. The first-order valence-corrected chi connectivity index (χ1v) is 10.9. The molecule has 0 aliphatic carbocycles. The van der Waals surface area contributed by atoms with Gasteiger partial charge in [0.25, 0.3) is 11.5 Å². The summed E-state index contributed by atoms with van der Waals surface area (Å²) in [6.45, 7) is 0. The lowest BCUT2D eigenvalue weighted by atomic mass is 10.1. The molecule has 0 fully saturated rings. The zero-order chi connectivity index (χ0) is 22.4. The maximum Gasteiger partial charge on any atom is 0.294 e. The molecule has 0 atom stereocenters. The highest BCUT2D eigenvalue weighted by atomic mass is 79.9. The number of rotatable bonds is 3. The number of carbonyl (C=O) groups is 1. The lowest BCUT2D eigenvalue weighted by molar-refractivity contribution is 0.102. The van der Waals surface area contributed by atoms with Crippen LogP contribution >= 0.6 is 39.1 Å². The van der Waals surface area contributed by atoms with Crippen LogP contribution in [0.15, 0.2) is 74.3 Å². The van der Waals surface area contributed by atoms with E-state index < -0.39 is 5.56 Å². The van der Waals surface area contributed by atoms with Gasteiger partial charge in [-0.25, -0.2) is 4.98 Å². The molecule has 5 aromatic rings. The fraction of sp³-hybridized carbons (Fsp3) is 0. The topological polar surface area (TPSA) is 88.0 Å². The Morgan fingerprint density at radius 1 is 1.03 bits per heavy atom. The Hall–Kier alpha value is -3.13. The fourth-order valence-corrected chi connectivity index (χ4v) is 4.10. The molecule has 5 rings (SSSR count). The monoisotopic (exact) mass is 527 g/mol. The summed E-state index contributed by atoms with van der Waals surface area (Å²) < 4.78 is 6.50. The standard InChI is InChI=1S/C23H12BrCl2N3O3/c24-12-3-8-18-16(9-12)19-20(32-18)23(31)29-21(28-19)15-7-6-14(10-17(15)26)27-22(30)11-1-4-13(25)5-2-11/h1-10H,(H,27,30)(H,28,29,31). The Labute approximate surface area is 199 Å². The maximum atomic E-state index is 12.6. The Bertz CT molecular complexity index is 1580. The summed E-state index contributed by atoms with van der Waals surface area (Å²) in [7, 11) is 0. The van der Waals surface area contributed by atoms with Gasteiger partial charge in [0.2, 0.25) is 5.58 Å². The number of fused-ring (bicyclic) bond motifs is 3. The van der Waals surface area contributed by atoms with Gasteiger partial charge in [-0.05, 0) is 60.7 Å². The molecule has 32 heavy (non-hydrogen) atoms. The molecule has 2 heterocycles. The van der Waals surface area contributed by atoms with Crippen molar-refractivity contribution >= 4 is 72.8 Å². The SMILES string of the molecule is O=C(Nc1ccc(-c2nc3c(oc4ccc(Br)cc43)c(=O)[nH]2)c(Cl)c1)c1ccc(Cl)cc1. The summed E-state index contributed by atoms with van der Waals surface area (Å²) >= 11 is 15.8. The first-order chi connectivity index (χ1) is 15.4. The van der Waals surface area contributed by atoms with E-state index in [0.29, 0.717) is 49.2 Å². The van der Waals surface area contributed by atoms with Crippen LogP contribution in [0.25, 0.3) is 33.5 Å². The normalized spacial score (nSPS) is 11.2. The van der Waals surface area contributed by atoms with Crippen molar-refractivity contribution in [3.63, 3.8) is 0 Å². The summed E-state index contributed by atoms with van der Waals surface area (Å²) in [5.41, 5.74) is 2.21. The number of amides is 1. The molecule has 0 bridgehead atoms. The lowest BCUT2D eigenvalue weighted by Crippen LogP contribution is -2.12. The van der Waals surface area contributed by atoms with E-state index in [9.17, 15) is 9.59 Å². The highest BCUT2D eigenvalue weighted by Gasteiger charge is 2.16. The number of halogens is 3. The van der Waals surface area contributed by atoms with Gasteiger partial charge in [-0.2, -0.15) is 0 Å². The van der Waals surface area contributed by atoms with Gasteiger partial charge in [0.15, 0.2) is 0 Å². The van der Waals surface area contributed by atoms with E-state index in [0.717, 1.165) is 4.47 Å². The first kappa shape index (κ1) is 20.8. The van der Waals surface area contributed by atoms with Crippen LogP contribution in [-0.4, -0.2) is 15.9 Å². The molecular weight excluding hydrogens is 517 g/mol. The smallest absolute Gasteiger partial charge is 0.294 e. The van der Waals surface area contributed by atoms with Crippen LogP contribution in [0, 0.1) is 0 Å². The number of carbonyl (C=O) groups excluding carboxylic acids is 1. The van der Waals surface area contributed by atoms with E-state index in [1.807, 2.05) is 12.1 Å². The molecule has 158 valence electrons.